The van der Waals surface area contributed by atoms with Gasteiger partial charge in [0.1, 0.15) is 10.8 Å². The maximum Gasteiger partial charge on any atom is 0.325 e. The van der Waals surface area contributed by atoms with Gasteiger partial charge in [0, 0.05) is 17.8 Å². The topological polar surface area (TPSA) is 165 Å². The zero-order valence-corrected chi connectivity index (χ0v) is 15.4. The number of hydrazone groups is 1. The number of nitrogens with zero attached hydrogens (tertiary/aromatic N) is 4. The van der Waals surface area contributed by atoms with Crippen molar-refractivity contribution in [1.29, 1.82) is 0 Å². The van der Waals surface area contributed by atoms with Gasteiger partial charge < -0.3 is 9.73 Å². The van der Waals surface area contributed by atoms with Crippen LogP contribution in [0.25, 0.3) is 0 Å². The summed E-state index contributed by atoms with van der Waals surface area (Å²) in [5.41, 5.74) is 2.61. The minimum absolute atomic E-state index is 0.0706. The van der Waals surface area contributed by atoms with Gasteiger partial charge in [-0.25, -0.2) is 10.2 Å². The molecule has 29 heavy (non-hydrogen) atoms. The Kier molecular flexibility index (Phi) is 6.22. The van der Waals surface area contributed by atoms with E-state index in [1.807, 2.05) is 0 Å². The molecule has 0 saturated heterocycles. The van der Waals surface area contributed by atoms with E-state index in [2.05, 4.69) is 31.4 Å². The SMILES string of the molecule is O=C(Cc1nnc(NC(=O)Nc2ccc([N+](=O)[O-])cc2)s1)N/N=C\c1ccco1. The van der Waals surface area contributed by atoms with Crippen LogP contribution in [0.15, 0.2) is 52.2 Å². The zero-order chi connectivity index (χ0) is 20.6. The molecule has 12 nitrogen and oxygen atoms in total. The fourth-order valence-electron chi connectivity index (χ4n) is 2.01. The van der Waals surface area contributed by atoms with Crippen LogP contribution < -0.4 is 16.1 Å². The second-order valence-corrected chi connectivity index (χ2v) is 6.43. The number of nitro groups is 1. The first-order chi connectivity index (χ1) is 14.0. The third-order valence-corrected chi connectivity index (χ3v) is 4.10. The van der Waals surface area contributed by atoms with E-state index in [9.17, 15) is 19.7 Å². The molecule has 13 heteroatoms. The van der Waals surface area contributed by atoms with Gasteiger partial charge in [0.2, 0.25) is 11.0 Å². The van der Waals surface area contributed by atoms with Gasteiger partial charge in [-0.2, -0.15) is 5.10 Å². The molecule has 0 spiro atoms. The summed E-state index contributed by atoms with van der Waals surface area (Å²) in [4.78, 5) is 33.9. The second-order valence-electron chi connectivity index (χ2n) is 5.37. The number of hydrogen-bond acceptors (Lipinski definition) is 9. The molecule has 0 aliphatic carbocycles. The summed E-state index contributed by atoms with van der Waals surface area (Å²) < 4.78 is 5.04. The number of carbonyl (C=O) groups is 2. The van der Waals surface area contributed by atoms with E-state index in [1.54, 1.807) is 12.1 Å². The first-order valence-electron chi connectivity index (χ1n) is 8.00. The largest absolute Gasteiger partial charge is 0.463 e. The Morgan fingerprint density at radius 3 is 2.69 bits per heavy atom. The van der Waals surface area contributed by atoms with Crippen molar-refractivity contribution < 1.29 is 18.9 Å². The second kappa shape index (κ2) is 9.18. The van der Waals surface area contributed by atoms with Gasteiger partial charge in [0.25, 0.3) is 5.69 Å². The van der Waals surface area contributed by atoms with Crippen molar-refractivity contribution in [1.82, 2.24) is 15.6 Å². The molecule has 3 N–H and O–H groups in total. The Morgan fingerprint density at radius 2 is 2.00 bits per heavy atom. The number of benzene rings is 1. The predicted octanol–water partition coefficient (Wildman–Crippen LogP) is 2.38. The van der Waals surface area contributed by atoms with Crippen LogP contribution >= 0.6 is 11.3 Å². The van der Waals surface area contributed by atoms with Crippen molar-refractivity contribution in [3.63, 3.8) is 0 Å². The van der Waals surface area contributed by atoms with Crippen LogP contribution in [0.3, 0.4) is 0 Å². The average Bonchev–Trinajstić information content (AvgIpc) is 3.34. The first-order valence-corrected chi connectivity index (χ1v) is 8.81. The average molecular weight is 415 g/mol. The smallest absolute Gasteiger partial charge is 0.325 e. The van der Waals surface area contributed by atoms with Gasteiger partial charge in [0.05, 0.1) is 23.8 Å². The summed E-state index contributed by atoms with van der Waals surface area (Å²) in [6.07, 6.45) is 2.77. The number of nitrogens with one attached hydrogen (secondary N) is 3. The molecule has 0 radical (unpaired) electrons. The van der Waals surface area contributed by atoms with Crippen LogP contribution in [-0.2, 0) is 11.2 Å². The molecular formula is C16H13N7O5S. The number of nitro benzene ring substituents is 1. The Labute approximate surface area is 166 Å². The maximum atomic E-state index is 12.0. The molecule has 1 aromatic carbocycles. The molecule has 0 aliphatic rings. The van der Waals surface area contributed by atoms with Gasteiger partial charge in [0.15, 0.2) is 0 Å². The van der Waals surface area contributed by atoms with E-state index >= 15 is 0 Å². The molecule has 3 rings (SSSR count). The standard InChI is InChI=1S/C16H13N7O5S/c24-13(20-17-9-12-2-1-7-28-12)8-14-21-22-16(29-14)19-15(25)18-10-3-5-11(6-4-10)23(26)27/h1-7,9H,8H2,(H,20,24)(H2,18,19,22,25)/b17-9-. The van der Waals surface area contributed by atoms with Gasteiger partial charge in [-0.1, -0.05) is 11.3 Å². The lowest BCUT2D eigenvalue weighted by atomic mass is 10.3. The van der Waals surface area contributed by atoms with Gasteiger partial charge in [-0.15, -0.1) is 10.2 Å². The molecule has 0 bridgehead atoms. The Balaban J connectivity index is 1.47. The summed E-state index contributed by atoms with van der Waals surface area (Å²) in [5, 5.41) is 27.5. The molecule has 3 aromatic rings. The Bertz CT molecular complexity index is 1030. The number of amides is 3. The number of aromatic nitrogens is 2. The number of rotatable bonds is 7. The number of non-ortho nitro benzene ring substituents is 1. The third kappa shape index (κ3) is 5.93. The summed E-state index contributed by atoms with van der Waals surface area (Å²) in [6, 6.07) is 8.11. The van der Waals surface area contributed by atoms with Crippen molar-refractivity contribution in [2.75, 3.05) is 10.6 Å². The first kappa shape index (κ1) is 19.6. The Hall–Kier alpha value is -4.13. The molecule has 0 saturated carbocycles. The molecular weight excluding hydrogens is 402 g/mol. The lowest BCUT2D eigenvalue weighted by molar-refractivity contribution is -0.384. The third-order valence-electron chi connectivity index (χ3n) is 3.26. The highest BCUT2D eigenvalue weighted by molar-refractivity contribution is 7.15. The molecule has 148 valence electrons. The minimum atomic E-state index is -0.603. The number of urea groups is 1. The van der Waals surface area contributed by atoms with E-state index in [0.717, 1.165) is 11.3 Å². The van der Waals surface area contributed by atoms with Crippen molar-refractivity contribution in [2.24, 2.45) is 5.10 Å². The molecule has 0 fully saturated rings. The van der Waals surface area contributed by atoms with Crippen LogP contribution in [0, 0.1) is 10.1 Å². The molecule has 0 aliphatic heterocycles. The number of anilines is 2. The highest BCUT2D eigenvalue weighted by atomic mass is 32.1. The molecule has 2 aromatic heterocycles. The fourth-order valence-corrected chi connectivity index (χ4v) is 2.74. The van der Waals surface area contributed by atoms with Crippen molar-refractivity contribution in [3.8, 4) is 0 Å². The number of furan rings is 1. The lowest BCUT2D eigenvalue weighted by Gasteiger charge is -2.04. The van der Waals surface area contributed by atoms with Crippen LogP contribution in [0.2, 0.25) is 0 Å². The number of carbonyl (C=O) groups excluding carboxylic acids is 2. The minimum Gasteiger partial charge on any atom is -0.463 e. The van der Waals surface area contributed by atoms with Crippen LogP contribution in [0.1, 0.15) is 10.8 Å². The highest BCUT2D eigenvalue weighted by Crippen LogP contribution is 2.18. The summed E-state index contributed by atoms with van der Waals surface area (Å²) in [7, 11) is 0. The summed E-state index contributed by atoms with van der Waals surface area (Å²) in [6.45, 7) is 0. The summed E-state index contributed by atoms with van der Waals surface area (Å²) >= 11 is 1.02. The van der Waals surface area contributed by atoms with Crippen LogP contribution in [0.4, 0.5) is 21.3 Å². The summed E-state index contributed by atoms with van der Waals surface area (Å²) in [5.74, 6) is 0.0811. The van der Waals surface area contributed by atoms with Crippen molar-refractivity contribution >= 4 is 46.0 Å². The quantitative estimate of drug-likeness (QED) is 0.303. The van der Waals surface area contributed by atoms with E-state index in [0.29, 0.717) is 16.5 Å². The van der Waals surface area contributed by atoms with Crippen molar-refractivity contribution in [3.05, 3.63) is 63.5 Å². The fraction of sp³-hybridized carbons (Fsp3) is 0.0625. The van der Waals surface area contributed by atoms with Crippen LogP contribution in [0.5, 0.6) is 0 Å². The highest BCUT2D eigenvalue weighted by Gasteiger charge is 2.12. The molecule has 0 atom stereocenters. The van der Waals surface area contributed by atoms with Crippen LogP contribution in [-0.4, -0.2) is 33.3 Å². The lowest BCUT2D eigenvalue weighted by Crippen LogP contribution is -2.19. The molecule has 3 amide bonds. The maximum absolute atomic E-state index is 12.0. The zero-order valence-electron chi connectivity index (χ0n) is 14.6. The normalized spacial score (nSPS) is 10.6. The Morgan fingerprint density at radius 1 is 1.21 bits per heavy atom. The van der Waals surface area contributed by atoms with Gasteiger partial charge >= 0.3 is 6.03 Å². The number of hydrogen-bond donors (Lipinski definition) is 3. The molecule has 0 unspecified atom stereocenters. The predicted molar refractivity (Wildman–Crippen MR) is 104 cm³/mol. The van der Waals surface area contributed by atoms with E-state index in [-0.39, 0.29) is 17.2 Å². The van der Waals surface area contributed by atoms with Crippen molar-refractivity contribution in [2.45, 2.75) is 6.42 Å². The van der Waals surface area contributed by atoms with E-state index < -0.39 is 16.9 Å². The van der Waals surface area contributed by atoms with E-state index in [1.165, 1.54) is 36.7 Å². The molecule has 2 heterocycles. The van der Waals surface area contributed by atoms with Gasteiger partial charge in [-0.3, -0.25) is 20.2 Å². The van der Waals surface area contributed by atoms with Gasteiger partial charge in [-0.05, 0) is 24.3 Å². The van der Waals surface area contributed by atoms with E-state index in [4.69, 9.17) is 4.42 Å². The monoisotopic (exact) mass is 415 g/mol.